The number of anilines is 1. The molecule has 0 saturated carbocycles. The van der Waals surface area contributed by atoms with Crippen molar-refractivity contribution in [1.82, 2.24) is 9.97 Å². The second-order valence-corrected chi connectivity index (χ2v) is 6.86. The number of hydrogen-bond donors (Lipinski definition) is 1. The van der Waals surface area contributed by atoms with Gasteiger partial charge >= 0.3 is 0 Å². The van der Waals surface area contributed by atoms with Gasteiger partial charge in [0.05, 0.1) is 18.4 Å². The third-order valence-corrected chi connectivity index (χ3v) is 3.25. The van der Waals surface area contributed by atoms with Crippen molar-refractivity contribution in [2.24, 2.45) is 0 Å². The maximum Gasteiger partial charge on any atom is 0.133 e. The molecule has 0 aromatic carbocycles. The average Bonchev–Trinajstić information content (AvgIpc) is 2.37. The molecule has 120 valence electrons. The fourth-order valence-electron chi connectivity index (χ4n) is 1.95. The van der Waals surface area contributed by atoms with Crippen LogP contribution in [0.25, 0.3) is 0 Å². The zero-order chi connectivity index (χ0) is 16.2. The lowest BCUT2D eigenvalue weighted by Gasteiger charge is -2.25. The van der Waals surface area contributed by atoms with Gasteiger partial charge in [-0.1, -0.05) is 34.6 Å². The summed E-state index contributed by atoms with van der Waals surface area (Å²) in [6.07, 6.45) is -0.532. The van der Waals surface area contributed by atoms with Crippen LogP contribution in [0, 0.1) is 0 Å². The Hall–Kier alpha value is -1.20. The fourth-order valence-corrected chi connectivity index (χ4v) is 1.95. The summed E-state index contributed by atoms with van der Waals surface area (Å²) < 4.78 is 4.97. The summed E-state index contributed by atoms with van der Waals surface area (Å²) in [5.41, 5.74) is 0.983. The summed E-state index contributed by atoms with van der Waals surface area (Å²) in [6, 6.07) is 2.01. The van der Waals surface area contributed by atoms with Crippen molar-refractivity contribution in [1.29, 1.82) is 0 Å². The van der Waals surface area contributed by atoms with E-state index in [1.165, 1.54) is 0 Å². The molecule has 0 aliphatic rings. The number of ether oxygens (including phenoxy) is 1. The van der Waals surface area contributed by atoms with Crippen LogP contribution in [0.15, 0.2) is 6.07 Å². The van der Waals surface area contributed by atoms with Gasteiger partial charge in [0.25, 0.3) is 0 Å². The van der Waals surface area contributed by atoms with Crippen LogP contribution in [-0.4, -0.2) is 48.5 Å². The molecule has 5 nitrogen and oxygen atoms in total. The number of rotatable bonds is 6. The van der Waals surface area contributed by atoms with Crippen LogP contribution >= 0.6 is 0 Å². The quantitative estimate of drug-likeness (QED) is 0.873. The Morgan fingerprint density at radius 3 is 2.38 bits per heavy atom. The van der Waals surface area contributed by atoms with E-state index in [0.717, 1.165) is 17.3 Å². The number of hydrogen-bond acceptors (Lipinski definition) is 5. The van der Waals surface area contributed by atoms with Gasteiger partial charge in [-0.2, -0.15) is 0 Å². The molecule has 0 bridgehead atoms. The van der Waals surface area contributed by atoms with Gasteiger partial charge in [0.1, 0.15) is 11.6 Å². The van der Waals surface area contributed by atoms with E-state index in [1.807, 2.05) is 18.0 Å². The summed E-state index contributed by atoms with van der Waals surface area (Å²) >= 11 is 0. The number of methoxy groups -OCH3 is 1. The maximum atomic E-state index is 9.88. The Balaban J connectivity index is 3.08. The monoisotopic (exact) mass is 295 g/mol. The second-order valence-electron chi connectivity index (χ2n) is 6.86. The van der Waals surface area contributed by atoms with Crippen LogP contribution in [0.5, 0.6) is 0 Å². The van der Waals surface area contributed by atoms with Crippen LogP contribution < -0.4 is 4.90 Å². The van der Waals surface area contributed by atoms with Crippen molar-refractivity contribution < 1.29 is 9.84 Å². The smallest absolute Gasteiger partial charge is 0.133 e. The molecule has 0 fully saturated rings. The summed E-state index contributed by atoms with van der Waals surface area (Å²) in [5, 5.41) is 9.88. The fraction of sp³-hybridized carbons (Fsp3) is 0.750. The standard InChI is InChI=1S/C16H29N3O2/c1-11(2)15-17-13(16(3,4)5)8-14(18-15)19(6)9-12(20)10-21-7/h8,11-12,20H,9-10H2,1-7H3/t12-/m0/s1. The number of likely N-dealkylation sites (N-methyl/N-ethyl adjacent to an activating group) is 1. The van der Waals surface area contributed by atoms with Gasteiger partial charge in [0.2, 0.25) is 0 Å². The third-order valence-electron chi connectivity index (χ3n) is 3.25. The van der Waals surface area contributed by atoms with Gasteiger partial charge in [-0.05, 0) is 0 Å². The lowest BCUT2D eigenvalue weighted by molar-refractivity contribution is 0.0694. The van der Waals surface area contributed by atoms with E-state index in [0.29, 0.717) is 13.2 Å². The van der Waals surface area contributed by atoms with Gasteiger partial charge in [0, 0.05) is 38.1 Å². The molecule has 0 saturated heterocycles. The topological polar surface area (TPSA) is 58.5 Å². The molecule has 0 amide bonds. The van der Waals surface area contributed by atoms with Crippen LogP contribution in [-0.2, 0) is 10.2 Å². The third kappa shape index (κ3) is 5.25. The predicted molar refractivity (Wildman–Crippen MR) is 86.0 cm³/mol. The van der Waals surface area contributed by atoms with Crippen molar-refractivity contribution in [3.63, 3.8) is 0 Å². The molecule has 1 N–H and O–H groups in total. The number of aliphatic hydroxyl groups is 1. The molecule has 0 spiro atoms. The highest BCUT2D eigenvalue weighted by Gasteiger charge is 2.20. The lowest BCUT2D eigenvalue weighted by atomic mass is 9.91. The van der Waals surface area contributed by atoms with Gasteiger partial charge in [0.15, 0.2) is 0 Å². The average molecular weight is 295 g/mol. The van der Waals surface area contributed by atoms with E-state index in [4.69, 9.17) is 4.74 Å². The molecule has 21 heavy (non-hydrogen) atoms. The van der Waals surface area contributed by atoms with Crippen LogP contribution in [0.3, 0.4) is 0 Å². The first kappa shape index (κ1) is 17.9. The largest absolute Gasteiger partial charge is 0.389 e. The SMILES string of the molecule is COC[C@@H](O)CN(C)c1cc(C(C)(C)C)nc(C(C)C)n1. The highest BCUT2D eigenvalue weighted by molar-refractivity contribution is 5.41. The molecular formula is C16H29N3O2. The van der Waals surface area contributed by atoms with Gasteiger partial charge < -0.3 is 14.7 Å². The van der Waals surface area contributed by atoms with Gasteiger partial charge in [-0.15, -0.1) is 0 Å². The summed E-state index contributed by atoms with van der Waals surface area (Å²) in [6.45, 7) is 11.4. The minimum absolute atomic E-state index is 0.0344. The van der Waals surface area contributed by atoms with Crippen molar-refractivity contribution >= 4 is 5.82 Å². The molecular weight excluding hydrogens is 266 g/mol. The highest BCUT2D eigenvalue weighted by Crippen LogP contribution is 2.25. The van der Waals surface area contributed by atoms with E-state index in [9.17, 15) is 5.11 Å². The summed E-state index contributed by atoms with van der Waals surface area (Å²) in [4.78, 5) is 11.3. The maximum absolute atomic E-state index is 9.88. The van der Waals surface area contributed by atoms with Crippen LogP contribution in [0.1, 0.15) is 52.1 Å². The van der Waals surface area contributed by atoms with Crippen molar-refractivity contribution in [3.05, 3.63) is 17.6 Å². The Kier molecular flexibility index (Phi) is 6.10. The van der Waals surface area contributed by atoms with E-state index in [1.54, 1.807) is 7.11 Å². The zero-order valence-electron chi connectivity index (χ0n) is 14.3. The normalized spacial score (nSPS) is 13.6. The van der Waals surface area contributed by atoms with E-state index < -0.39 is 6.10 Å². The Morgan fingerprint density at radius 1 is 1.29 bits per heavy atom. The number of nitrogens with zero attached hydrogens (tertiary/aromatic N) is 3. The van der Waals surface area contributed by atoms with E-state index in [2.05, 4.69) is 44.6 Å². The van der Waals surface area contributed by atoms with Crippen molar-refractivity contribution in [2.45, 2.75) is 52.1 Å². The molecule has 0 radical (unpaired) electrons. The second kappa shape index (κ2) is 7.18. The first-order valence-electron chi connectivity index (χ1n) is 7.42. The Bertz CT molecular complexity index is 455. The Labute approximate surface area is 128 Å². The van der Waals surface area contributed by atoms with Crippen LogP contribution in [0.4, 0.5) is 5.82 Å². The summed E-state index contributed by atoms with van der Waals surface area (Å²) in [5.74, 6) is 1.95. The first-order valence-corrected chi connectivity index (χ1v) is 7.42. The summed E-state index contributed by atoms with van der Waals surface area (Å²) in [7, 11) is 3.51. The van der Waals surface area contributed by atoms with Crippen molar-refractivity contribution in [3.8, 4) is 0 Å². The molecule has 1 rings (SSSR count). The van der Waals surface area contributed by atoms with E-state index in [-0.39, 0.29) is 11.3 Å². The minimum Gasteiger partial charge on any atom is -0.389 e. The Morgan fingerprint density at radius 2 is 1.90 bits per heavy atom. The number of aromatic nitrogens is 2. The highest BCUT2D eigenvalue weighted by atomic mass is 16.5. The van der Waals surface area contributed by atoms with Crippen LogP contribution in [0.2, 0.25) is 0 Å². The molecule has 1 aromatic rings. The molecule has 1 heterocycles. The molecule has 1 atom stereocenters. The van der Waals surface area contributed by atoms with Crippen molar-refractivity contribution in [2.75, 3.05) is 32.2 Å². The first-order chi connectivity index (χ1) is 9.65. The predicted octanol–water partition coefficient (Wildman–Crippen LogP) is 2.34. The molecule has 5 heteroatoms. The molecule has 1 aromatic heterocycles. The molecule has 0 aliphatic carbocycles. The zero-order valence-corrected chi connectivity index (χ0v) is 14.3. The number of aliphatic hydroxyl groups excluding tert-OH is 1. The van der Waals surface area contributed by atoms with E-state index >= 15 is 0 Å². The van der Waals surface area contributed by atoms with Gasteiger partial charge in [-0.25, -0.2) is 9.97 Å². The minimum atomic E-state index is -0.532. The lowest BCUT2D eigenvalue weighted by Crippen LogP contribution is -2.33. The molecule has 0 aliphatic heterocycles. The molecule has 0 unspecified atom stereocenters. The van der Waals surface area contributed by atoms with Gasteiger partial charge in [-0.3, -0.25) is 0 Å².